The molecule has 0 aliphatic rings. The average Bonchev–Trinajstić information content (AvgIpc) is 2.26. The number of ether oxygens (including phenoxy) is 2. The van der Waals surface area contributed by atoms with Crippen LogP contribution in [0.25, 0.3) is 0 Å². The Kier molecular flexibility index (Phi) is 4.04. The molecule has 0 aliphatic carbocycles. The summed E-state index contributed by atoms with van der Waals surface area (Å²) in [6.45, 7) is 0.400. The first-order chi connectivity index (χ1) is 6.72. The van der Waals surface area contributed by atoms with Gasteiger partial charge in [-0.15, -0.1) is 11.6 Å². The van der Waals surface area contributed by atoms with Crippen molar-refractivity contribution in [2.75, 3.05) is 20.8 Å². The molecule has 1 aromatic carbocycles. The maximum absolute atomic E-state index is 5.99. The molecule has 78 valence electrons. The molecule has 3 nitrogen and oxygen atoms in total. The van der Waals surface area contributed by atoms with Crippen molar-refractivity contribution >= 4 is 11.6 Å². The molecule has 0 saturated carbocycles. The van der Waals surface area contributed by atoms with E-state index in [2.05, 4.69) is 0 Å². The maximum atomic E-state index is 5.99. The molecule has 0 amide bonds. The van der Waals surface area contributed by atoms with E-state index in [4.69, 9.17) is 26.8 Å². The number of alkyl halides is 1. The molecule has 0 bridgehead atoms. The number of benzene rings is 1. The van der Waals surface area contributed by atoms with E-state index in [9.17, 15) is 0 Å². The van der Waals surface area contributed by atoms with Gasteiger partial charge in [-0.1, -0.05) is 6.07 Å². The molecule has 0 fully saturated rings. The van der Waals surface area contributed by atoms with Crippen molar-refractivity contribution in [3.8, 4) is 11.5 Å². The lowest BCUT2D eigenvalue weighted by atomic mass is 10.1. The van der Waals surface area contributed by atoms with E-state index in [0.717, 1.165) is 5.56 Å². The standard InChI is InChI=1S/C10H14ClNO2/c1-13-9-4-3-7(8(11)6-12)5-10(9)14-2/h3-5,8H,6,12H2,1-2H3. The fourth-order valence-electron chi connectivity index (χ4n) is 1.18. The van der Waals surface area contributed by atoms with Gasteiger partial charge in [0.25, 0.3) is 0 Å². The molecule has 0 radical (unpaired) electrons. The smallest absolute Gasteiger partial charge is 0.161 e. The van der Waals surface area contributed by atoms with E-state index in [-0.39, 0.29) is 5.38 Å². The molecule has 0 heterocycles. The second-order valence-electron chi connectivity index (χ2n) is 2.82. The third kappa shape index (κ3) is 2.30. The second-order valence-corrected chi connectivity index (χ2v) is 3.34. The summed E-state index contributed by atoms with van der Waals surface area (Å²) in [4.78, 5) is 0. The van der Waals surface area contributed by atoms with Crippen LogP contribution in [-0.4, -0.2) is 20.8 Å². The monoisotopic (exact) mass is 215 g/mol. The zero-order chi connectivity index (χ0) is 10.6. The number of halogens is 1. The Morgan fingerprint density at radius 1 is 1.29 bits per heavy atom. The van der Waals surface area contributed by atoms with Gasteiger partial charge < -0.3 is 15.2 Å². The molecule has 1 aromatic rings. The summed E-state index contributed by atoms with van der Waals surface area (Å²) in [5.41, 5.74) is 6.40. The summed E-state index contributed by atoms with van der Waals surface area (Å²) in [5, 5.41) is -0.185. The predicted molar refractivity (Wildman–Crippen MR) is 57.2 cm³/mol. The van der Waals surface area contributed by atoms with Crippen LogP contribution >= 0.6 is 11.6 Å². The van der Waals surface area contributed by atoms with Gasteiger partial charge in [-0.25, -0.2) is 0 Å². The maximum Gasteiger partial charge on any atom is 0.161 e. The molecule has 0 spiro atoms. The van der Waals surface area contributed by atoms with Crippen LogP contribution in [0.1, 0.15) is 10.9 Å². The van der Waals surface area contributed by atoms with Gasteiger partial charge in [-0.3, -0.25) is 0 Å². The molecular formula is C10H14ClNO2. The first kappa shape index (κ1) is 11.1. The summed E-state index contributed by atoms with van der Waals surface area (Å²) < 4.78 is 10.3. The Bertz CT molecular complexity index is 304. The van der Waals surface area contributed by atoms with Gasteiger partial charge in [-0.05, 0) is 17.7 Å². The highest BCUT2D eigenvalue weighted by Crippen LogP contribution is 2.31. The lowest BCUT2D eigenvalue weighted by Gasteiger charge is -2.11. The van der Waals surface area contributed by atoms with Crippen LogP contribution in [0.15, 0.2) is 18.2 Å². The van der Waals surface area contributed by atoms with Crippen LogP contribution in [0.5, 0.6) is 11.5 Å². The molecule has 4 heteroatoms. The minimum absolute atomic E-state index is 0.185. The first-order valence-electron chi connectivity index (χ1n) is 4.29. The van der Waals surface area contributed by atoms with E-state index in [1.54, 1.807) is 14.2 Å². The quantitative estimate of drug-likeness (QED) is 0.781. The van der Waals surface area contributed by atoms with E-state index in [0.29, 0.717) is 18.0 Å². The van der Waals surface area contributed by atoms with E-state index in [1.807, 2.05) is 18.2 Å². The van der Waals surface area contributed by atoms with Crippen molar-refractivity contribution in [2.45, 2.75) is 5.38 Å². The van der Waals surface area contributed by atoms with Crippen LogP contribution < -0.4 is 15.2 Å². The molecule has 0 aliphatic heterocycles. The van der Waals surface area contributed by atoms with Crippen molar-refractivity contribution in [3.63, 3.8) is 0 Å². The van der Waals surface area contributed by atoms with Crippen molar-refractivity contribution in [3.05, 3.63) is 23.8 Å². The Balaban J connectivity index is 3.01. The number of nitrogens with two attached hydrogens (primary N) is 1. The fourth-order valence-corrected chi connectivity index (χ4v) is 1.32. The average molecular weight is 216 g/mol. The van der Waals surface area contributed by atoms with Crippen LogP contribution in [0.3, 0.4) is 0 Å². The number of rotatable bonds is 4. The molecule has 1 unspecified atom stereocenters. The van der Waals surface area contributed by atoms with Gasteiger partial charge in [0.1, 0.15) is 0 Å². The molecule has 0 saturated heterocycles. The molecule has 1 atom stereocenters. The zero-order valence-corrected chi connectivity index (χ0v) is 9.04. The minimum Gasteiger partial charge on any atom is -0.493 e. The van der Waals surface area contributed by atoms with Crippen molar-refractivity contribution in [1.29, 1.82) is 0 Å². The third-order valence-electron chi connectivity index (χ3n) is 1.98. The topological polar surface area (TPSA) is 44.5 Å². The van der Waals surface area contributed by atoms with E-state index >= 15 is 0 Å². The van der Waals surface area contributed by atoms with Gasteiger partial charge >= 0.3 is 0 Å². The Morgan fingerprint density at radius 2 is 1.93 bits per heavy atom. The summed E-state index contributed by atoms with van der Waals surface area (Å²) in [5.74, 6) is 1.36. The van der Waals surface area contributed by atoms with Gasteiger partial charge in [0.15, 0.2) is 11.5 Å². The summed E-state index contributed by atoms with van der Waals surface area (Å²) in [6.07, 6.45) is 0. The van der Waals surface area contributed by atoms with Gasteiger partial charge in [0.05, 0.1) is 19.6 Å². The summed E-state index contributed by atoms with van der Waals surface area (Å²) >= 11 is 5.99. The number of hydrogen-bond acceptors (Lipinski definition) is 3. The SMILES string of the molecule is COc1ccc(C(Cl)CN)cc1OC. The van der Waals surface area contributed by atoms with Crippen molar-refractivity contribution in [1.82, 2.24) is 0 Å². The summed E-state index contributed by atoms with van der Waals surface area (Å²) in [7, 11) is 3.19. The van der Waals surface area contributed by atoms with Crippen LogP contribution in [0.4, 0.5) is 0 Å². The molecule has 2 N–H and O–H groups in total. The van der Waals surface area contributed by atoms with Gasteiger partial charge in [-0.2, -0.15) is 0 Å². The van der Waals surface area contributed by atoms with Crippen LogP contribution in [0.2, 0.25) is 0 Å². The van der Waals surface area contributed by atoms with E-state index < -0.39 is 0 Å². The van der Waals surface area contributed by atoms with Gasteiger partial charge in [0, 0.05) is 6.54 Å². The van der Waals surface area contributed by atoms with E-state index in [1.165, 1.54) is 0 Å². The minimum atomic E-state index is -0.185. The molecular weight excluding hydrogens is 202 g/mol. The van der Waals surface area contributed by atoms with Crippen LogP contribution in [0, 0.1) is 0 Å². The summed E-state index contributed by atoms with van der Waals surface area (Å²) in [6, 6.07) is 5.54. The highest BCUT2D eigenvalue weighted by atomic mass is 35.5. The zero-order valence-electron chi connectivity index (χ0n) is 8.29. The normalized spacial score (nSPS) is 12.3. The number of methoxy groups -OCH3 is 2. The molecule has 0 aromatic heterocycles. The predicted octanol–water partition coefficient (Wildman–Crippen LogP) is 1.94. The Morgan fingerprint density at radius 3 is 2.43 bits per heavy atom. The van der Waals surface area contributed by atoms with Crippen LogP contribution in [-0.2, 0) is 0 Å². The molecule has 14 heavy (non-hydrogen) atoms. The lowest BCUT2D eigenvalue weighted by molar-refractivity contribution is 0.354. The Labute approximate surface area is 88.8 Å². The molecule has 1 rings (SSSR count). The first-order valence-corrected chi connectivity index (χ1v) is 4.72. The largest absolute Gasteiger partial charge is 0.493 e. The Hall–Kier alpha value is -0.930. The third-order valence-corrected chi connectivity index (χ3v) is 2.41. The fraction of sp³-hybridized carbons (Fsp3) is 0.400. The second kappa shape index (κ2) is 5.08. The van der Waals surface area contributed by atoms with Crippen molar-refractivity contribution in [2.24, 2.45) is 5.73 Å². The highest BCUT2D eigenvalue weighted by molar-refractivity contribution is 6.21. The van der Waals surface area contributed by atoms with Gasteiger partial charge in [0.2, 0.25) is 0 Å². The van der Waals surface area contributed by atoms with Crippen molar-refractivity contribution < 1.29 is 9.47 Å². The highest BCUT2D eigenvalue weighted by Gasteiger charge is 2.09. The lowest BCUT2D eigenvalue weighted by Crippen LogP contribution is -2.06. The number of hydrogen-bond donors (Lipinski definition) is 1.